The fourth-order valence-electron chi connectivity index (χ4n) is 3.16. The van der Waals surface area contributed by atoms with Crippen molar-refractivity contribution in [2.45, 2.75) is 57.9 Å². The third kappa shape index (κ3) is 3.09. The van der Waals surface area contributed by atoms with E-state index in [9.17, 15) is 14.0 Å². The van der Waals surface area contributed by atoms with Gasteiger partial charge in [-0.3, -0.25) is 4.68 Å². The van der Waals surface area contributed by atoms with Crippen molar-refractivity contribution in [3.63, 3.8) is 0 Å². The zero-order chi connectivity index (χ0) is 20.3. The van der Waals surface area contributed by atoms with E-state index in [2.05, 4.69) is 31.4 Å². The number of halogens is 2. The minimum absolute atomic E-state index is 0.0734. The number of rotatable bonds is 5. The average molecular weight is 385 g/mol. The highest BCUT2D eigenvalue weighted by molar-refractivity contribution is 5.85. The van der Waals surface area contributed by atoms with Crippen LogP contribution in [0.3, 0.4) is 0 Å². The summed E-state index contributed by atoms with van der Waals surface area (Å²) < 4.78 is 29.6. The summed E-state index contributed by atoms with van der Waals surface area (Å²) in [6.07, 6.45) is 4.90. The normalized spacial score (nSPS) is 15.0. The first kappa shape index (κ1) is 18.3. The monoisotopic (exact) mass is 385 g/mol. The van der Waals surface area contributed by atoms with Crippen molar-refractivity contribution in [2.75, 3.05) is 5.32 Å². The fraction of sp³-hybridized carbons (Fsp3) is 0.474. The Hall–Kier alpha value is -3.02. The first-order valence-electron chi connectivity index (χ1n) is 9.12. The maximum atomic E-state index is 14.0. The Morgan fingerprint density at radius 3 is 2.61 bits per heavy atom. The number of alkyl halides is 2. The Kier molecular flexibility index (Phi) is 3.93. The van der Waals surface area contributed by atoms with Crippen molar-refractivity contribution in [1.82, 2.24) is 24.7 Å². The van der Waals surface area contributed by atoms with Crippen LogP contribution in [0.15, 0.2) is 12.4 Å². The van der Waals surface area contributed by atoms with Crippen LogP contribution in [0, 0.1) is 18.3 Å². The number of anilines is 2. The Labute approximate surface area is 160 Å². The summed E-state index contributed by atoms with van der Waals surface area (Å²) in [5.41, 5.74) is 1.52. The van der Waals surface area contributed by atoms with Crippen LogP contribution in [0.1, 0.15) is 56.5 Å². The SMILES string of the molecule is Cc1nn(C(C)(C)C#N)cc1Nc1nc(C2CC2)c2c(C(C)(F)F)c[nH]c2n1. The molecular formula is C19H21F2N7. The highest BCUT2D eigenvalue weighted by Gasteiger charge is 2.35. The summed E-state index contributed by atoms with van der Waals surface area (Å²) in [6.45, 7) is 6.23. The molecule has 0 bridgehead atoms. The third-order valence-electron chi connectivity index (χ3n) is 4.99. The van der Waals surface area contributed by atoms with Gasteiger partial charge in [-0.05, 0) is 33.6 Å². The minimum Gasteiger partial charge on any atom is -0.345 e. The van der Waals surface area contributed by atoms with Gasteiger partial charge in [-0.2, -0.15) is 15.3 Å². The van der Waals surface area contributed by atoms with Gasteiger partial charge < -0.3 is 10.3 Å². The van der Waals surface area contributed by atoms with Gasteiger partial charge in [0.2, 0.25) is 5.95 Å². The van der Waals surface area contributed by atoms with Crippen LogP contribution >= 0.6 is 0 Å². The summed E-state index contributed by atoms with van der Waals surface area (Å²) in [5, 5.41) is 17.2. The third-order valence-corrected chi connectivity index (χ3v) is 4.99. The summed E-state index contributed by atoms with van der Waals surface area (Å²) in [5.74, 6) is -2.48. The Bertz CT molecular complexity index is 1090. The smallest absolute Gasteiger partial charge is 0.272 e. The Morgan fingerprint density at radius 1 is 1.29 bits per heavy atom. The lowest BCUT2D eigenvalue weighted by Gasteiger charge is -2.15. The number of aromatic amines is 1. The van der Waals surface area contributed by atoms with Crippen LogP contribution in [0.5, 0.6) is 0 Å². The van der Waals surface area contributed by atoms with Gasteiger partial charge in [0.15, 0.2) is 0 Å². The second kappa shape index (κ2) is 5.99. The molecule has 4 rings (SSSR count). The second-order valence-electron chi connectivity index (χ2n) is 7.89. The largest absolute Gasteiger partial charge is 0.345 e. The van der Waals surface area contributed by atoms with Crippen LogP contribution in [0.2, 0.25) is 0 Å². The Balaban J connectivity index is 1.76. The van der Waals surface area contributed by atoms with Crippen LogP contribution in [0.4, 0.5) is 20.4 Å². The van der Waals surface area contributed by atoms with Crippen molar-refractivity contribution in [1.29, 1.82) is 5.26 Å². The number of fused-ring (bicyclic) bond motifs is 1. The maximum absolute atomic E-state index is 14.0. The second-order valence-corrected chi connectivity index (χ2v) is 7.89. The number of nitriles is 1. The molecule has 0 radical (unpaired) electrons. The molecular weight excluding hydrogens is 364 g/mol. The van der Waals surface area contributed by atoms with Gasteiger partial charge in [0, 0.05) is 30.0 Å². The predicted molar refractivity (Wildman–Crippen MR) is 101 cm³/mol. The first-order chi connectivity index (χ1) is 13.1. The van der Waals surface area contributed by atoms with E-state index in [1.54, 1.807) is 24.7 Å². The highest BCUT2D eigenvalue weighted by Crippen LogP contribution is 2.45. The molecule has 0 atom stereocenters. The van der Waals surface area contributed by atoms with Crippen molar-refractivity contribution in [2.24, 2.45) is 0 Å². The van der Waals surface area contributed by atoms with E-state index in [4.69, 9.17) is 0 Å². The number of hydrogen-bond acceptors (Lipinski definition) is 5. The van der Waals surface area contributed by atoms with Crippen molar-refractivity contribution < 1.29 is 8.78 Å². The van der Waals surface area contributed by atoms with Crippen LogP contribution < -0.4 is 5.32 Å². The molecule has 28 heavy (non-hydrogen) atoms. The van der Waals surface area contributed by atoms with Gasteiger partial charge in [0.1, 0.15) is 11.2 Å². The van der Waals surface area contributed by atoms with Crippen LogP contribution in [-0.4, -0.2) is 24.7 Å². The van der Waals surface area contributed by atoms with Crippen LogP contribution in [0.25, 0.3) is 11.0 Å². The highest BCUT2D eigenvalue weighted by atomic mass is 19.3. The quantitative estimate of drug-likeness (QED) is 0.676. The van der Waals surface area contributed by atoms with Crippen molar-refractivity contribution >= 4 is 22.7 Å². The molecule has 3 aromatic rings. The fourth-order valence-corrected chi connectivity index (χ4v) is 3.16. The van der Waals surface area contributed by atoms with E-state index >= 15 is 0 Å². The molecule has 0 saturated heterocycles. The summed E-state index contributed by atoms with van der Waals surface area (Å²) in [7, 11) is 0. The molecule has 0 spiro atoms. The van der Waals surface area contributed by atoms with Crippen molar-refractivity contribution in [3.05, 3.63) is 29.3 Å². The van der Waals surface area contributed by atoms with Gasteiger partial charge >= 0.3 is 0 Å². The topological polar surface area (TPSA) is 95.2 Å². The van der Waals surface area contributed by atoms with E-state index in [-0.39, 0.29) is 11.5 Å². The molecule has 1 fully saturated rings. The zero-order valence-corrected chi connectivity index (χ0v) is 16.1. The maximum Gasteiger partial charge on any atom is 0.272 e. The molecule has 2 N–H and O–H groups in total. The van der Waals surface area contributed by atoms with Gasteiger partial charge in [-0.25, -0.2) is 13.8 Å². The summed E-state index contributed by atoms with van der Waals surface area (Å²) >= 11 is 0. The van der Waals surface area contributed by atoms with Crippen molar-refractivity contribution in [3.8, 4) is 6.07 Å². The number of H-pyrrole nitrogens is 1. The number of nitrogens with one attached hydrogen (secondary N) is 2. The molecule has 7 nitrogen and oxygen atoms in total. The minimum atomic E-state index is -2.97. The molecule has 1 aliphatic rings. The lowest BCUT2D eigenvalue weighted by molar-refractivity contribution is 0.0190. The first-order valence-corrected chi connectivity index (χ1v) is 9.12. The van der Waals surface area contributed by atoms with E-state index in [1.807, 2.05) is 6.92 Å². The molecule has 3 heterocycles. The van der Waals surface area contributed by atoms with E-state index in [0.717, 1.165) is 19.8 Å². The molecule has 3 aromatic heterocycles. The van der Waals surface area contributed by atoms with Gasteiger partial charge in [0.25, 0.3) is 5.92 Å². The van der Waals surface area contributed by atoms with E-state index < -0.39 is 11.5 Å². The standard InChI is InChI=1S/C19H21F2N7/c1-10-13(8-28(27-10)18(2,3)9-22)24-17-25-15(11-5-6-11)14-12(19(4,20)21)7-23-16(14)26-17/h7-8,11H,5-6H2,1-4H3,(H2,23,24,25,26). The number of aromatic nitrogens is 5. The molecule has 0 aromatic carbocycles. The molecule has 0 amide bonds. The number of hydrogen-bond donors (Lipinski definition) is 2. The number of nitrogens with zero attached hydrogens (tertiary/aromatic N) is 5. The predicted octanol–water partition coefficient (Wildman–Crippen LogP) is 4.45. The lowest BCUT2D eigenvalue weighted by atomic mass is 10.1. The van der Waals surface area contributed by atoms with E-state index in [0.29, 0.717) is 34.1 Å². The zero-order valence-electron chi connectivity index (χ0n) is 16.1. The summed E-state index contributed by atoms with van der Waals surface area (Å²) in [6, 6.07) is 2.20. The molecule has 0 aliphatic heterocycles. The molecule has 1 saturated carbocycles. The van der Waals surface area contributed by atoms with Gasteiger partial charge in [-0.15, -0.1) is 0 Å². The summed E-state index contributed by atoms with van der Waals surface area (Å²) in [4.78, 5) is 11.8. The van der Waals surface area contributed by atoms with Crippen LogP contribution in [-0.2, 0) is 11.5 Å². The Morgan fingerprint density at radius 2 is 2.00 bits per heavy atom. The molecule has 0 unspecified atom stereocenters. The average Bonchev–Trinajstić information content (AvgIpc) is 3.26. The molecule has 1 aliphatic carbocycles. The van der Waals surface area contributed by atoms with E-state index in [1.165, 1.54) is 6.20 Å². The molecule has 146 valence electrons. The number of aryl methyl sites for hydroxylation is 1. The van der Waals surface area contributed by atoms with Gasteiger partial charge in [-0.1, -0.05) is 0 Å². The molecule has 9 heteroatoms. The lowest BCUT2D eigenvalue weighted by Crippen LogP contribution is -2.24. The van der Waals surface area contributed by atoms with Gasteiger partial charge in [0.05, 0.1) is 29.3 Å².